The molecule has 168 valence electrons. The van der Waals surface area contributed by atoms with E-state index in [4.69, 9.17) is 5.14 Å². The van der Waals surface area contributed by atoms with Crippen molar-refractivity contribution in [1.82, 2.24) is 0 Å². The molecule has 0 saturated carbocycles. The van der Waals surface area contributed by atoms with Crippen LogP contribution in [0.25, 0.3) is 0 Å². The molecule has 31 heavy (non-hydrogen) atoms. The molecule has 2 amide bonds. The average molecular weight is 444 g/mol. The Morgan fingerprint density at radius 3 is 2.23 bits per heavy atom. The molecular formula is C24H33N3O3S. The lowest BCUT2D eigenvalue weighted by molar-refractivity contribution is 0.0944. The van der Waals surface area contributed by atoms with E-state index >= 15 is 0 Å². The van der Waals surface area contributed by atoms with Crippen LogP contribution in [-0.2, 0) is 35.6 Å². The van der Waals surface area contributed by atoms with Crippen molar-refractivity contribution < 1.29 is 14.1 Å². The number of urea groups is 1. The molecule has 3 aliphatic rings. The molecule has 1 aromatic carbocycles. The molecule has 0 spiro atoms. The van der Waals surface area contributed by atoms with E-state index in [9.17, 15) is 14.1 Å². The highest BCUT2D eigenvalue weighted by atomic mass is 32.2. The lowest BCUT2D eigenvalue weighted by Crippen LogP contribution is -2.35. The number of benzene rings is 1. The molecule has 4 N–H and O–H groups in total. The van der Waals surface area contributed by atoms with Gasteiger partial charge in [-0.05, 0) is 98.1 Å². The number of carbonyl (C=O) groups excluding carboxylic acids is 1. The van der Waals surface area contributed by atoms with Gasteiger partial charge in [0.15, 0.2) is 0 Å². The molecule has 1 aromatic rings. The Labute approximate surface area is 185 Å². The van der Waals surface area contributed by atoms with Crippen LogP contribution in [0.3, 0.4) is 0 Å². The van der Waals surface area contributed by atoms with Crippen molar-refractivity contribution >= 4 is 21.6 Å². The second kappa shape index (κ2) is 7.57. The molecule has 3 aliphatic carbocycles. The summed E-state index contributed by atoms with van der Waals surface area (Å²) in [6.45, 7) is 7.40. The number of anilines is 1. The van der Waals surface area contributed by atoms with E-state index in [1.807, 2.05) is 13.8 Å². The Hall–Kier alpha value is -1.96. The normalized spacial score (nSPS) is 21.5. The highest BCUT2D eigenvalue weighted by Gasteiger charge is 2.37. The molecule has 1 unspecified atom stereocenters. The van der Waals surface area contributed by atoms with Crippen LogP contribution in [0.2, 0.25) is 0 Å². The van der Waals surface area contributed by atoms with Crippen molar-refractivity contribution in [2.24, 2.45) is 14.9 Å². The summed E-state index contributed by atoms with van der Waals surface area (Å²) in [5, 5.41) is 19.5. The minimum atomic E-state index is -3.37. The van der Waals surface area contributed by atoms with Crippen molar-refractivity contribution in [2.45, 2.75) is 78.2 Å². The molecule has 7 heteroatoms. The van der Waals surface area contributed by atoms with E-state index in [-0.39, 0.29) is 0 Å². The predicted octanol–water partition coefficient (Wildman–Crippen LogP) is 4.55. The zero-order chi connectivity index (χ0) is 22.6. The quantitative estimate of drug-likeness (QED) is 0.638. The Balaban J connectivity index is 1.65. The van der Waals surface area contributed by atoms with Crippen molar-refractivity contribution in [3.8, 4) is 0 Å². The van der Waals surface area contributed by atoms with Gasteiger partial charge in [0, 0.05) is 10.6 Å². The van der Waals surface area contributed by atoms with Crippen LogP contribution in [0.15, 0.2) is 33.1 Å². The number of fused-ring (bicyclic) bond motifs is 2. The van der Waals surface area contributed by atoms with Gasteiger partial charge in [0.2, 0.25) is 0 Å². The van der Waals surface area contributed by atoms with Crippen LogP contribution in [0, 0.1) is 5.41 Å². The fourth-order valence-corrected chi connectivity index (χ4v) is 6.74. The molecule has 0 heterocycles. The highest BCUT2D eigenvalue weighted by Crippen LogP contribution is 2.43. The molecule has 0 fully saturated rings. The molecule has 4 rings (SSSR count). The van der Waals surface area contributed by atoms with Gasteiger partial charge in [-0.25, -0.2) is 14.1 Å². The number of allylic oxidation sites excluding steroid dienone is 3. The number of aryl methyl sites for hydroxylation is 2. The number of aliphatic hydroxyl groups is 1. The summed E-state index contributed by atoms with van der Waals surface area (Å²) < 4.78 is 17.2. The number of hydrogen-bond acceptors (Lipinski definition) is 3. The topological polar surface area (TPSA) is 105 Å². The largest absolute Gasteiger partial charge is 0.386 e. The van der Waals surface area contributed by atoms with Gasteiger partial charge in [-0.15, -0.1) is 4.36 Å². The Bertz CT molecular complexity index is 1100. The van der Waals surface area contributed by atoms with Gasteiger partial charge < -0.3 is 10.4 Å². The van der Waals surface area contributed by atoms with E-state index in [0.717, 1.165) is 49.8 Å². The van der Waals surface area contributed by atoms with Crippen LogP contribution in [-0.4, -0.2) is 20.9 Å². The number of hydrogen-bond donors (Lipinski definition) is 3. The van der Waals surface area contributed by atoms with Crippen LogP contribution in [0.4, 0.5) is 10.5 Å². The van der Waals surface area contributed by atoms with E-state index in [2.05, 4.69) is 15.7 Å². The van der Waals surface area contributed by atoms with E-state index < -0.39 is 27.0 Å². The van der Waals surface area contributed by atoms with Crippen LogP contribution in [0.1, 0.15) is 69.2 Å². The third-order valence-electron chi connectivity index (χ3n) is 6.74. The Morgan fingerprint density at radius 2 is 1.71 bits per heavy atom. The molecule has 0 radical (unpaired) electrons. The van der Waals surface area contributed by atoms with Gasteiger partial charge in [0.25, 0.3) is 0 Å². The maximum absolute atomic E-state index is 13.2. The molecule has 0 bridgehead atoms. The van der Waals surface area contributed by atoms with E-state index in [1.54, 1.807) is 26.0 Å². The van der Waals surface area contributed by atoms with Crippen LogP contribution in [0.5, 0.6) is 0 Å². The van der Waals surface area contributed by atoms with E-state index in [0.29, 0.717) is 11.3 Å². The fourth-order valence-electron chi connectivity index (χ4n) is 5.50. The van der Waals surface area contributed by atoms with Gasteiger partial charge in [0.1, 0.15) is 9.92 Å². The number of amides is 2. The summed E-state index contributed by atoms with van der Waals surface area (Å²) >= 11 is 0. The van der Waals surface area contributed by atoms with E-state index in [1.165, 1.54) is 22.3 Å². The lowest BCUT2D eigenvalue weighted by atomic mass is 9.72. The number of nitrogens with one attached hydrogen (secondary N) is 1. The Kier molecular flexibility index (Phi) is 5.43. The summed E-state index contributed by atoms with van der Waals surface area (Å²) in [6.07, 6.45) is 9.91. The highest BCUT2D eigenvalue weighted by molar-refractivity contribution is 7.95. The van der Waals surface area contributed by atoms with Gasteiger partial charge in [-0.2, -0.15) is 0 Å². The first-order valence-electron chi connectivity index (χ1n) is 11.0. The van der Waals surface area contributed by atoms with Crippen LogP contribution < -0.4 is 10.5 Å². The molecule has 0 aliphatic heterocycles. The van der Waals surface area contributed by atoms with Gasteiger partial charge in [-0.1, -0.05) is 26.0 Å². The third kappa shape index (κ3) is 4.23. The molecular weight excluding hydrogens is 410 g/mol. The van der Waals surface area contributed by atoms with Crippen molar-refractivity contribution in [3.05, 3.63) is 51.0 Å². The zero-order valence-electron chi connectivity index (χ0n) is 18.9. The summed E-state index contributed by atoms with van der Waals surface area (Å²) in [6, 6.07) is 1.64. The molecule has 0 aromatic heterocycles. The zero-order valence-corrected chi connectivity index (χ0v) is 19.7. The minimum Gasteiger partial charge on any atom is -0.386 e. The van der Waals surface area contributed by atoms with Gasteiger partial charge in [0.05, 0.1) is 5.60 Å². The first-order valence-corrected chi connectivity index (χ1v) is 12.6. The standard InChI is InChI=1S/C24H33N3O3S/c1-23(2)14-17(11-12-20(23)24(3,4)29)31(25,30)27-22(28)26-21-18-9-5-7-15(18)13-16-8-6-10-19(16)21/h11-13,29H,5-10,14H2,1-4H3,(H3,25,26,27,28,30). The number of nitrogens with two attached hydrogens (primary N) is 1. The van der Waals surface area contributed by atoms with Crippen LogP contribution >= 0.6 is 0 Å². The first-order chi connectivity index (χ1) is 14.4. The Morgan fingerprint density at radius 1 is 1.13 bits per heavy atom. The number of carbonyl (C=O) groups is 1. The van der Waals surface area contributed by atoms with Gasteiger partial charge in [-0.3, -0.25) is 0 Å². The second-order valence-electron chi connectivity index (χ2n) is 10.2. The summed E-state index contributed by atoms with van der Waals surface area (Å²) in [5.41, 5.74) is 5.27. The fraction of sp³-hybridized carbons (Fsp3) is 0.542. The molecule has 1 atom stereocenters. The molecule has 0 saturated heterocycles. The lowest BCUT2D eigenvalue weighted by Gasteiger charge is -2.38. The average Bonchev–Trinajstić information content (AvgIpc) is 3.27. The number of nitrogens with zero attached hydrogens (tertiary/aromatic N) is 1. The smallest absolute Gasteiger partial charge is 0.354 e. The number of rotatable bonds is 3. The first kappa shape index (κ1) is 22.2. The summed E-state index contributed by atoms with van der Waals surface area (Å²) in [5.74, 6) is 0. The second-order valence-corrected chi connectivity index (χ2v) is 12.0. The van der Waals surface area contributed by atoms with Crippen molar-refractivity contribution in [2.75, 3.05) is 5.32 Å². The monoisotopic (exact) mass is 443 g/mol. The SMILES string of the molecule is CC(C)(O)C1=CC=C(S(N)(=O)=NC(=O)Nc2c3c(cc4c2CCC4)CCC3)CC1(C)C. The summed E-state index contributed by atoms with van der Waals surface area (Å²) in [4.78, 5) is 13.3. The maximum Gasteiger partial charge on any atom is 0.354 e. The third-order valence-corrected chi connectivity index (χ3v) is 8.21. The minimum absolute atomic E-state index is 0.366. The molecule has 6 nitrogen and oxygen atoms in total. The predicted molar refractivity (Wildman–Crippen MR) is 125 cm³/mol. The maximum atomic E-state index is 13.2. The van der Waals surface area contributed by atoms with Crippen molar-refractivity contribution in [1.29, 1.82) is 0 Å². The summed E-state index contributed by atoms with van der Waals surface area (Å²) in [7, 11) is -3.37. The van der Waals surface area contributed by atoms with Crippen molar-refractivity contribution in [3.63, 3.8) is 0 Å². The van der Waals surface area contributed by atoms with Gasteiger partial charge >= 0.3 is 6.03 Å².